The molecule has 0 atom stereocenters. The number of aromatic nitrogens is 3. The van der Waals surface area contributed by atoms with Gasteiger partial charge < -0.3 is 9.30 Å². The highest BCUT2D eigenvalue weighted by molar-refractivity contribution is 9.10. The molecule has 2 aromatic rings. The van der Waals surface area contributed by atoms with Gasteiger partial charge in [0, 0.05) is 29.7 Å². The second-order valence-corrected chi connectivity index (χ2v) is 5.59. The lowest BCUT2D eigenvalue weighted by Crippen LogP contribution is -2.20. The third-order valence-electron chi connectivity index (χ3n) is 3.21. The van der Waals surface area contributed by atoms with E-state index in [0.717, 1.165) is 28.0 Å². The van der Waals surface area contributed by atoms with E-state index < -0.39 is 0 Å². The number of rotatable bonds is 2. The van der Waals surface area contributed by atoms with E-state index in [4.69, 9.17) is 4.74 Å². The Morgan fingerprint density at radius 2 is 2.32 bits per heavy atom. The molecule has 0 bridgehead atoms. The van der Waals surface area contributed by atoms with Crippen LogP contribution >= 0.6 is 15.9 Å². The Hall–Kier alpha value is -1.40. The maximum Gasteiger partial charge on any atom is 0.253 e. The molecule has 0 N–H and O–H groups in total. The molecule has 2 aromatic heterocycles. The first-order valence-corrected chi connectivity index (χ1v) is 6.91. The molecule has 0 saturated carbocycles. The molecular weight excluding hydrogens is 310 g/mol. The standard InChI is InChI=1S/C13H14BrN3O2/c1-16-7-10(14)4-9(13(16)18)5-11-6-12-8-19-3-2-17(12)15-11/h4,6-7H,2-3,5,8H2,1H3. The van der Waals surface area contributed by atoms with Gasteiger partial charge >= 0.3 is 0 Å². The summed E-state index contributed by atoms with van der Waals surface area (Å²) in [5.74, 6) is 0. The van der Waals surface area contributed by atoms with Gasteiger partial charge in [-0.25, -0.2) is 0 Å². The number of hydrogen-bond donors (Lipinski definition) is 0. The van der Waals surface area contributed by atoms with E-state index in [1.165, 1.54) is 0 Å². The number of pyridine rings is 1. The Bertz CT molecular complexity index is 652. The van der Waals surface area contributed by atoms with Gasteiger partial charge in [-0.15, -0.1) is 0 Å². The maximum atomic E-state index is 12.1. The van der Waals surface area contributed by atoms with Crippen LogP contribution in [0.15, 0.2) is 27.6 Å². The van der Waals surface area contributed by atoms with Crippen molar-refractivity contribution >= 4 is 15.9 Å². The summed E-state index contributed by atoms with van der Waals surface area (Å²) in [5, 5.41) is 4.52. The predicted octanol–water partition coefficient (Wildman–Crippen LogP) is 1.47. The van der Waals surface area contributed by atoms with Crippen LogP contribution in [-0.4, -0.2) is 21.0 Å². The Balaban J connectivity index is 1.93. The van der Waals surface area contributed by atoms with Crippen molar-refractivity contribution in [3.8, 4) is 0 Å². The molecule has 0 amide bonds. The predicted molar refractivity (Wildman–Crippen MR) is 74.1 cm³/mol. The Morgan fingerprint density at radius 1 is 1.47 bits per heavy atom. The van der Waals surface area contributed by atoms with E-state index in [1.807, 2.05) is 16.8 Å². The van der Waals surface area contributed by atoms with E-state index in [1.54, 1.807) is 17.8 Å². The normalized spacial score (nSPS) is 14.4. The van der Waals surface area contributed by atoms with E-state index in [-0.39, 0.29) is 5.56 Å². The fraction of sp³-hybridized carbons (Fsp3) is 0.385. The highest BCUT2D eigenvalue weighted by Gasteiger charge is 2.14. The van der Waals surface area contributed by atoms with Crippen molar-refractivity contribution in [1.29, 1.82) is 0 Å². The lowest BCUT2D eigenvalue weighted by molar-refractivity contribution is 0.0800. The number of aryl methyl sites for hydroxylation is 1. The summed E-state index contributed by atoms with van der Waals surface area (Å²) in [4.78, 5) is 12.1. The van der Waals surface area contributed by atoms with Crippen molar-refractivity contribution in [1.82, 2.24) is 14.3 Å². The molecule has 5 nitrogen and oxygen atoms in total. The van der Waals surface area contributed by atoms with E-state index in [0.29, 0.717) is 19.6 Å². The van der Waals surface area contributed by atoms with Gasteiger partial charge in [0.2, 0.25) is 0 Å². The summed E-state index contributed by atoms with van der Waals surface area (Å²) in [7, 11) is 1.75. The summed E-state index contributed by atoms with van der Waals surface area (Å²) in [6.45, 7) is 2.09. The minimum atomic E-state index is 0.0189. The van der Waals surface area contributed by atoms with Crippen molar-refractivity contribution in [3.05, 3.63) is 50.1 Å². The quantitative estimate of drug-likeness (QED) is 0.840. The van der Waals surface area contributed by atoms with Crippen LogP contribution in [0.4, 0.5) is 0 Å². The zero-order valence-corrected chi connectivity index (χ0v) is 12.2. The van der Waals surface area contributed by atoms with Gasteiger partial charge in [-0.3, -0.25) is 9.48 Å². The first-order valence-electron chi connectivity index (χ1n) is 6.12. The van der Waals surface area contributed by atoms with Gasteiger partial charge in [-0.1, -0.05) is 0 Å². The Morgan fingerprint density at radius 3 is 3.11 bits per heavy atom. The van der Waals surface area contributed by atoms with Gasteiger partial charge in [0.1, 0.15) is 0 Å². The average molecular weight is 324 g/mol. The summed E-state index contributed by atoms with van der Waals surface area (Å²) < 4.78 is 9.83. The third kappa shape index (κ3) is 2.50. The third-order valence-corrected chi connectivity index (χ3v) is 3.64. The fourth-order valence-corrected chi connectivity index (χ4v) is 2.88. The summed E-state index contributed by atoms with van der Waals surface area (Å²) in [5.41, 5.74) is 2.75. The molecule has 3 heterocycles. The Labute approximate surface area is 118 Å². The highest BCUT2D eigenvalue weighted by Crippen LogP contribution is 2.15. The molecule has 19 heavy (non-hydrogen) atoms. The minimum absolute atomic E-state index is 0.0189. The fourth-order valence-electron chi connectivity index (χ4n) is 2.30. The van der Waals surface area contributed by atoms with Crippen LogP contribution in [0.3, 0.4) is 0 Å². The highest BCUT2D eigenvalue weighted by atomic mass is 79.9. The lowest BCUT2D eigenvalue weighted by Gasteiger charge is -2.13. The van der Waals surface area contributed by atoms with Crippen LogP contribution in [0.2, 0.25) is 0 Å². The lowest BCUT2D eigenvalue weighted by atomic mass is 10.1. The van der Waals surface area contributed by atoms with Crippen LogP contribution in [0, 0.1) is 0 Å². The molecule has 6 heteroatoms. The molecule has 0 radical (unpaired) electrons. The molecule has 3 rings (SSSR count). The first-order chi connectivity index (χ1) is 9.13. The summed E-state index contributed by atoms with van der Waals surface area (Å²) >= 11 is 3.41. The van der Waals surface area contributed by atoms with E-state index >= 15 is 0 Å². The zero-order valence-electron chi connectivity index (χ0n) is 10.6. The number of ether oxygens (including phenoxy) is 1. The molecular formula is C13H14BrN3O2. The number of halogens is 1. The van der Waals surface area contributed by atoms with Crippen molar-refractivity contribution in [2.45, 2.75) is 19.6 Å². The molecule has 1 aliphatic heterocycles. The number of fused-ring (bicyclic) bond motifs is 1. The van der Waals surface area contributed by atoms with Gasteiger partial charge in [-0.2, -0.15) is 5.10 Å². The second-order valence-electron chi connectivity index (χ2n) is 4.68. The van der Waals surface area contributed by atoms with Gasteiger partial charge in [0.15, 0.2) is 0 Å². The molecule has 0 saturated heterocycles. The molecule has 0 spiro atoms. The second kappa shape index (κ2) is 4.94. The SMILES string of the molecule is Cn1cc(Br)cc(Cc2cc3n(n2)CCOC3)c1=O. The van der Waals surface area contributed by atoms with E-state index in [9.17, 15) is 4.79 Å². The summed E-state index contributed by atoms with van der Waals surface area (Å²) in [6, 6.07) is 3.87. The summed E-state index contributed by atoms with van der Waals surface area (Å²) in [6.07, 6.45) is 2.31. The monoisotopic (exact) mass is 323 g/mol. The van der Waals surface area contributed by atoms with Crippen LogP contribution < -0.4 is 5.56 Å². The average Bonchev–Trinajstić information content (AvgIpc) is 2.77. The molecule has 0 aliphatic carbocycles. The maximum absolute atomic E-state index is 12.1. The topological polar surface area (TPSA) is 49.0 Å². The number of hydrogen-bond acceptors (Lipinski definition) is 3. The smallest absolute Gasteiger partial charge is 0.253 e. The van der Waals surface area contributed by atoms with Crippen molar-refractivity contribution < 1.29 is 4.74 Å². The van der Waals surface area contributed by atoms with Crippen LogP contribution in [-0.2, 0) is 31.4 Å². The van der Waals surface area contributed by atoms with Crippen molar-refractivity contribution in [2.24, 2.45) is 7.05 Å². The van der Waals surface area contributed by atoms with Crippen molar-refractivity contribution in [3.63, 3.8) is 0 Å². The van der Waals surface area contributed by atoms with Crippen LogP contribution in [0.5, 0.6) is 0 Å². The zero-order chi connectivity index (χ0) is 13.4. The molecule has 0 aromatic carbocycles. The van der Waals surface area contributed by atoms with E-state index in [2.05, 4.69) is 21.0 Å². The van der Waals surface area contributed by atoms with Gasteiger partial charge in [0.05, 0.1) is 31.1 Å². The molecule has 0 unspecified atom stereocenters. The largest absolute Gasteiger partial charge is 0.373 e. The molecule has 0 fully saturated rings. The van der Waals surface area contributed by atoms with Crippen LogP contribution in [0.1, 0.15) is 17.0 Å². The molecule has 1 aliphatic rings. The Kier molecular flexibility index (Phi) is 3.28. The number of nitrogens with zero attached hydrogens (tertiary/aromatic N) is 3. The minimum Gasteiger partial charge on any atom is -0.373 e. The van der Waals surface area contributed by atoms with Crippen LogP contribution in [0.25, 0.3) is 0 Å². The van der Waals surface area contributed by atoms with Gasteiger partial charge in [-0.05, 0) is 28.1 Å². The first kappa shape index (κ1) is 12.6. The molecule has 100 valence electrons. The van der Waals surface area contributed by atoms with Crippen molar-refractivity contribution in [2.75, 3.05) is 6.61 Å². The van der Waals surface area contributed by atoms with Gasteiger partial charge in [0.25, 0.3) is 5.56 Å².